The number of carboxylic acids is 1. The largest absolute Gasteiger partial charge is 0.481 e. The molecule has 2 unspecified atom stereocenters. The predicted octanol–water partition coefficient (Wildman–Crippen LogP) is 6.09. The minimum Gasteiger partial charge on any atom is -0.481 e. The molecule has 2 N–H and O–H groups in total. The van der Waals surface area contributed by atoms with Gasteiger partial charge in [0, 0.05) is 5.56 Å². The first-order valence-corrected chi connectivity index (χ1v) is 13.8. The summed E-state index contributed by atoms with van der Waals surface area (Å²) in [6, 6.07) is 25.5. The minimum absolute atomic E-state index is 0.0687. The van der Waals surface area contributed by atoms with E-state index < -0.39 is 17.5 Å². The molecule has 2 heterocycles. The lowest BCUT2D eigenvalue weighted by molar-refractivity contribution is -0.140. The number of benzene rings is 3. The standard InChI is InChI=1S/C30H25IN4O4/c1-18-25(26(36)24-17-35(34-32-24)28(31)22-5-3-2-4-6-22)27(39-33-18)21-9-7-19(8-10-21)20-11-13-23(14-12-20)30(15-16-30)29(37)38/h2-14,17,26,28,36H,15-16H2,1H3,(H,37,38). The molecule has 0 amide bonds. The van der Waals surface area contributed by atoms with Crippen LogP contribution in [0.5, 0.6) is 0 Å². The third-order valence-electron chi connectivity index (χ3n) is 7.37. The smallest absolute Gasteiger partial charge is 0.314 e. The van der Waals surface area contributed by atoms with Crippen LogP contribution in [-0.2, 0) is 10.2 Å². The molecule has 0 spiro atoms. The molecule has 0 radical (unpaired) electrons. The molecule has 1 aliphatic rings. The lowest BCUT2D eigenvalue weighted by atomic mass is 9.93. The van der Waals surface area contributed by atoms with Crippen molar-refractivity contribution < 1.29 is 19.5 Å². The maximum Gasteiger partial charge on any atom is 0.314 e. The lowest BCUT2D eigenvalue weighted by Crippen LogP contribution is -2.19. The van der Waals surface area contributed by atoms with Gasteiger partial charge in [0.05, 0.1) is 22.9 Å². The third-order valence-corrected chi connectivity index (χ3v) is 8.66. The summed E-state index contributed by atoms with van der Waals surface area (Å²) in [4.78, 5) is 11.6. The maximum absolute atomic E-state index is 11.6. The van der Waals surface area contributed by atoms with Gasteiger partial charge in [0.25, 0.3) is 0 Å². The lowest BCUT2D eigenvalue weighted by Gasteiger charge is -2.12. The Hall–Kier alpha value is -3.83. The van der Waals surface area contributed by atoms with Gasteiger partial charge in [-0.05, 0) is 42.0 Å². The molecular formula is C30H25IN4O4. The molecule has 39 heavy (non-hydrogen) atoms. The first-order valence-electron chi connectivity index (χ1n) is 12.6. The number of rotatable bonds is 8. The fourth-order valence-electron chi connectivity index (χ4n) is 4.89. The van der Waals surface area contributed by atoms with Crippen molar-refractivity contribution in [2.75, 3.05) is 0 Å². The molecule has 1 saturated carbocycles. The first-order chi connectivity index (χ1) is 18.9. The van der Waals surface area contributed by atoms with Crippen molar-refractivity contribution in [2.24, 2.45) is 0 Å². The highest BCUT2D eigenvalue weighted by Crippen LogP contribution is 2.48. The highest BCUT2D eigenvalue weighted by molar-refractivity contribution is 14.1. The van der Waals surface area contributed by atoms with E-state index >= 15 is 0 Å². The van der Waals surface area contributed by atoms with Crippen LogP contribution in [0.4, 0.5) is 0 Å². The number of aliphatic hydroxyl groups is 1. The van der Waals surface area contributed by atoms with E-state index in [-0.39, 0.29) is 4.05 Å². The summed E-state index contributed by atoms with van der Waals surface area (Å²) in [5.41, 5.74) is 5.50. The van der Waals surface area contributed by atoms with Crippen molar-refractivity contribution in [1.29, 1.82) is 0 Å². The molecule has 5 aromatic rings. The fraction of sp³-hybridized carbons (Fsp3) is 0.200. The van der Waals surface area contributed by atoms with Gasteiger partial charge >= 0.3 is 5.97 Å². The Morgan fingerprint density at radius 1 is 0.974 bits per heavy atom. The zero-order chi connectivity index (χ0) is 27.1. The monoisotopic (exact) mass is 632 g/mol. The Balaban J connectivity index is 1.24. The zero-order valence-corrected chi connectivity index (χ0v) is 23.2. The number of halogens is 1. The molecule has 1 aliphatic carbocycles. The van der Waals surface area contributed by atoms with Crippen LogP contribution in [0.15, 0.2) is 89.6 Å². The quantitative estimate of drug-likeness (QED) is 0.157. The molecular weight excluding hydrogens is 607 g/mol. The van der Waals surface area contributed by atoms with Gasteiger partial charge in [0.15, 0.2) is 5.76 Å². The first kappa shape index (κ1) is 25.4. The molecule has 3 aromatic carbocycles. The molecule has 2 atom stereocenters. The molecule has 0 bridgehead atoms. The second kappa shape index (κ2) is 10.0. The van der Waals surface area contributed by atoms with Gasteiger partial charge in [-0.3, -0.25) is 4.79 Å². The van der Waals surface area contributed by atoms with E-state index in [1.807, 2.05) is 78.9 Å². The summed E-state index contributed by atoms with van der Waals surface area (Å²) >= 11 is 2.29. The number of aliphatic carboxylic acids is 1. The average Bonchev–Trinajstić information content (AvgIpc) is 3.48. The van der Waals surface area contributed by atoms with Crippen LogP contribution in [0, 0.1) is 6.92 Å². The van der Waals surface area contributed by atoms with Gasteiger partial charge in [-0.2, -0.15) is 0 Å². The number of carboxylic acid groups (broad SMARTS) is 1. The summed E-state index contributed by atoms with van der Waals surface area (Å²) in [6.07, 6.45) is 2.05. The number of hydrogen-bond acceptors (Lipinski definition) is 6. The molecule has 1 fully saturated rings. The van der Waals surface area contributed by atoms with E-state index in [2.05, 4.69) is 38.1 Å². The van der Waals surface area contributed by atoms with Crippen molar-refractivity contribution in [3.8, 4) is 22.5 Å². The Labute approximate surface area is 238 Å². The number of aryl methyl sites for hydroxylation is 1. The topological polar surface area (TPSA) is 114 Å². The maximum atomic E-state index is 11.6. The molecule has 196 valence electrons. The SMILES string of the molecule is Cc1noc(-c2ccc(-c3ccc(C4(C(=O)O)CC4)cc3)cc2)c1C(O)c1cn(C(I)c2ccccc2)nn1. The Kier molecular flexibility index (Phi) is 6.56. The van der Waals surface area contributed by atoms with Crippen molar-refractivity contribution in [2.45, 2.75) is 35.3 Å². The Morgan fingerprint density at radius 2 is 1.59 bits per heavy atom. The van der Waals surface area contributed by atoms with Crippen LogP contribution >= 0.6 is 22.6 Å². The number of hydrogen-bond donors (Lipinski definition) is 2. The van der Waals surface area contributed by atoms with E-state index in [4.69, 9.17) is 4.52 Å². The van der Waals surface area contributed by atoms with Crippen LogP contribution in [-0.4, -0.2) is 36.3 Å². The van der Waals surface area contributed by atoms with Gasteiger partial charge < -0.3 is 14.7 Å². The molecule has 9 heteroatoms. The normalized spacial score (nSPS) is 15.6. The van der Waals surface area contributed by atoms with Crippen molar-refractivity contribution >= 4 is 28.6 Å². The average molecular weight is 632 g/mol. The van der Waals surface area contributed by atoms with Crippen molar-refractivity contribution in [3.63, 3.8) is 0 Å². The zero-order valence-electron chi connectivity index (χ0n) is 21.0. The Bertz CT molecular complexity index is 1620. The summed E-state index contributed by atoms with van der Waals surface area (Å²) in [5, 5.41) is 33.4. The summed E-state index contributed by atoms with van der Waals surface area (Å²) in [7, 11) is 0. The number of aromatic nitrogens is 4. The molecule has 0 saturated heterocycles. The van der Waals surface area contributed by atoms with Gasteiger partial charge in [-0.15, -0.1) is 5.10 Å². The summed E-state index contributed by atoms with van der Waals surface area (Å²) < 4.78 is 7.31. The second-order valence-electron chi connectivity index (χ2n) is 9.83. The van der Waals surface area contributed by atoms with Crippen LogP contribution in [0.1, 0.15) is 51.1 Å². The van der Waals surface area contributed by atoms with Gasteiger partial charge in [-0.1, -0.05) is 112 Å². The van der Waals surface area contributed by atoms with E-state index in [0.29, 0.717) is 35.6 Å². The minimum atomic E-state index is -1.06. The number of alkyl halides is 1. The Morgan fingerprint density at radius 3 is 2.21 bits per heavy atom. The van der Waals surface area contributed by atoms with Crippen molar-refractivity contribution in [1.82, 2.24) is 20.2 Å². The van der Waals surface area contributed by atoms with E-state index in [9.17, 15) is 15.0 Å². The molecule has 6 rings (SSSR count). The van der Waals surface area contributed by atoms with E-state index in [1.54, 1.807) is 17.8 Å². The van der Waals surface area contributed by atoms with E-state index in [0.717, 1.165) is 27.8 Å². The van der Waals surface area contributed by atoms with Crippen LogP contribution in [0.3, 0.4) is 0 Å². The van der Waals surface area contributed by atoms with E-state index in [1.165, 1.54) is 0 Å². The fourth-order valence-corrected chi connectivity index (χ4v) is 5.58. The second-order valence-corrected chi connectivity index (χ2v) is 11.0. The third kappa shape index (κ3) is 4.65. The summed E-state index contributed by atoms with van der Waals surface area (Å²) in [5.74, 6) is -0.282. The number of carbonyl (C=O) groups is 1. The highest BCUT2D eigenvalue weighted by Gasteiger charge is 2.51. The van der Waals surface area contributed by atoms with Gasteiger partial charge in [-0.25, -0.2) is 4.68 Å². The van der Waals surface area contributed by atoms with Crippen LogP contribution in [0.25, 0.3) is 22.5 Å². The molecule has 8 nitrogen and oxygen atoms in total. The van der Waals surface area contributed by atoms with Gasteiger partial charge in [0.1, 0.15) is 15.8 Å². The van der Waals surface area contributed by atoms with Crippen molar-refractivity contribution in [3.05, 3.63) is 113 Å². The molecule has 2 aromatic heterocycles. The molecule has 0 aliphatic heterocycles. The predicted molar refractivity (Wildman–Crippen MR) is 153 cm³/mol. The number of aliphatic hydroxyl groups excluding tert-OH is 1. The number of nitrogens with zero attached hydrogens (tertiary/aromatic N) is 4. The highest BCUT2D eigenvalue weighted by atomic mass is 127. The van der Waals surface area contributed by atoms with Crippen LogP contribution < -0.4 is 0 Å². The van der Waals surface area contributed by atoms with Crippen LogP contribution in [0.2, 0.25) is 0 Å². The van der Waals surface area contributed by atoms with Gasteiger partial charge in [0.2, 0.25) is 0 Å². The summed E-state index contributed by atoms with van der Waals surface area (Å²) in [6.45, 7) is 1.79.